The Balaban J connectivity index is 0.000000605. The van der Waals surface area contributed by atoms with Crippen molar-refractivity contribution in [2.75, 3.05) is 0 Å². The molecule has 58 valence electrons. The highest BCUT2D eigenvalue weighted by Crippen LogP contribution is 2.24. The van der Waals surface area contributed by atoms with Crippen molar-refractivity contribution >= 4 is 23.4 Å². The average Bonchev–Trinajstić information content (AvgIpc) is 2.34. The minimum Gasteiger partial charge on any atom is -0.504 e. The Morgan fingerprint density at radius 3 is 3.00 bits per heavy atom. The van der Waals surface area contributed by atoms with Gasteiger partial charge in [-0.25, -0.2) is 0 Å². The molecule has 0 spiro atoms. The van der Waals surface area contributed by atoms with Crippen LogP contribution >= 0.6 is 12.4 Å². The summed E-state index contributed by atoms with van der Waals surface area (Å²) in [5.74, 6) is 0.164. The van der Waals surface area contributed by atoms with Gasteiger partial charge in [-0.1, -0.05) is 0 Å². The van der Waals surface area contributed by atoms with Crippen LogP contribution in [0.5, 0.6) is 5.75 Å². The van der Waals surface area contributed by atoms with Crippen LogP contribution in [0.25, 0.3) is 11.0 Å². The molecule has 2 aromatic heterocycles. The first kappa shape index (κ1) is 7.88. The van der Waals surface area contributed by atoms with Crippen molar-refractivity contribution in [3.63, 3.8) is 0 Å². The number of hydrogen-bond acceptors (Lipinski definition) is 3. The standard InChI is InChI=1S/C7H5NO2.ClH/c9-6-4-10-7-3-8-2-1-5(6)7;/h1-4,9H;1H. The van der Waals surface area contributed by atoms with Crippen molar-refractivity contribution in [1.82, 2.24) is 4.98 Å². The summed E-state index contributed by atoms with van der Waals surface area (Å²) in [7, 11) is 0. The normalized spacial score (nSPS) is 9.45. The van der Waals surface area contributed by atoms with Gasteiger partial charge < -0.3 is 9.52 Å². The molecule has 0 atom stereocenters. The van der Waals surface area contributed by atoms with E-state index >= 15 is 0 Å². The molecule has 0 bridgehead atoms. The molecule has 4 heteroatoms. The number of hydrogen-bond donors (Lipinski definition) is 1. The molecule has 0 unspecified atom stereocenters. The van der Waals surface area contributed by atoms with Gasteiger partial charge in [-0.3, -0.25) is 4.98 Å². The van der Waals surface area contributed by atoms with Crippen LogP contribution in [0.4, 0.5) is 0 Å². The van der Waals surface area contributed by atoms with E-state index in [0.29, 0.717) is 11.0 Å². The minimum absolute atomic E-state index is 0. The zero-order valence-corrected chi connectivity index (χ0v) is 6.34. The third kappa shape index (κ3) is 1.14. The average molecular weight is 172 g/mol. The van der Waals surface area contributed by atoms with Gasteiger partial charge in [0, 0.05) is 6.20 Å². The number of aromatic nitrogens is 1. The van der Waals surface area contributed by atoms with E-state index in [0.717, 1.165) is 0 Å². The van der Waals surface area contributed by atoms with Crippen molar-refractivity contribution in [3.05, 3.63) is 24.7 Å². The number of pyridine rings is 1. The Hall–Kier alpha value is -1.22. The summed E-state index contributed by atoms with van der Waals surface area (Å²) in [6, 6.07) is 1.70. The molecule has 3 nitrogen and oxygen atoms in total. The number of aromatic hydroxyl groups is 1. The summed E-state index contributed by atoms with van der Waals surface area (Å²) in [5.41, 5.74) is 0.611. The maximum Gasteiger partial charge on any atom is 0.161 e. The lowest BCUT2D eigenvalue weighted by Crippen LogP contribution is -1.66. The van der Waals surface area contributed by atoms with Gasteiger partial charge in [0.1, 0.15) is 6.26 Å². The van der Waals surface area contributed by atoms with Crippen LogP contribution in [-0.2, 0) is 0 Å². The maximum atomic E-state index is 9.09. The predicted octanol–water partition coefficient (Wildman–Crippen LogP) is 1.96. The van der Waals surface area contributed by atoms with Crippen molar-refractivity contribution in [2.24, 2.45) is 0 Å². The smallest absolute Gasteiger partial charge is 0.161 e. The van der Waals surface area contributed by atoms with Gasteiger partial charge in [0.15, 0.2) is 11.3 Å². The molecule has 0 amide bonds. The topological polar surface area (TPSA) is 46.3 Å². The summed E-state index contributed by atoms with van der Waals surface area (Å²) in [5, 5.41) is 9.79. The largest absolute Gasteiger partial charge is 0.504 e. The summed E-state index contributed by atoms with van der Waals surface area (Å²) >= 11 is 0. The Kier molecular flexibility index (Phi) is 2.01. The molecule has 0 saturated carbocycles. The van der Waals surface area contributed by atoms with Crippen molar-refractivity contribution in [1.29, 1.82) is 0 Å². The van der Waals surface area contributed by atoms with Gasteiger partial charge in [0.2, 0.25) is 0 Å². The number of rotatable bonds is 0. The van der Waals surface area contributed by atoms with Crippen LogP contribution in [0, 0.1) is 0 Å². The number of furan rings is 1. The Morgan fingerprint density at radius 1 is 1.45 bits per heavy atom. The molecular formula is C7H6ClNO2. The maximum absolute atomic E-state index is 9.09. The second kappa shape index (κ2) is 2.80. The first-order valence-corrected chi connectivity index (χ1v) is 2.88. The quantitative estimate of drug-likeness (QED) is 0.659. The van der Waals surface area contributed by atoms with E-state index < -0.39 is 0 Å². The van der Waals surface area contributed by atoms with E-state index in [1.54, 1.807) is 18.5 Å². The molecule has 0 aliphatic heterocycles. The third-order valence-corrected chi connectivity index (χ3v) is 1.36. The highest BCUT2D eigenvalue weighted by Gasteiger charge is 2.00. The van der Waals surface area contributed by atoms with Crippen LogP contribution < -0.4 is 0 Å². The summed E-state index contributed by atoms with van der Waals surface area (Å²) < 4.78 is 4.94. The number of halogens is 1. The first-order valence-electron chi connectivity index (χ1n) is 2.88. The molecule has 2 heterocycles. The van der Waals surface area contributed by atoms with Crippen LogP contribution in [0.1, 0.15) is 0 Å². The van der Waals surface area contributed by atoms with Crippen molar-refractivity contribution in [2.45, 2.75) is 0 Å². The lowest BCUT2D eigenvalue weighted by Gasteiger charge is -1.83. The van der Waals surface area contributed by atoms with Crippen LogP contribution in [-0.4, -0.2) is 10.1 Å². The summed E-state index contributed by atoms with van der Waals surface area (Å²) in [4.78, 5) is 3.82. The Morgan fingerprint density at radius 2 is 2.27 bits per heavy atom. The predicted molar refractivity (Wildman–Crippen MR) is 42.9 cm³/mol. The SMILES string of the molecule is Cl.Oc1coc2cnccc12. The van der Waals surface area contributed by atoms with E-state index in [4.69, 9.17) is 9.52 Å². The van der Waals surface area contributed by atoms with Crippen LogP contribution in [0.15, 0.2) is 29.1 Å². The van der Waals surface area contributed by atoms with Crippen molar-refractivity contribution in [3.8, 4) is 5.75 Å². The van der Waals surface area contributed by atoms with E-state index in [1.807, 2.05) is 0 Å². The lowest BCUT2D eigenvalue weighted by molar-refractivity contribution is 0.464. The van der Waals surface area contributed by atoms with Crippen LogP contribution in [0.2, 0.25) is 0 Å². The summed E-state index contributed by atoms with van der Waals surface area (Å²) in [6.45, 7) is 0. The van der Waals surface area contributed by atoms with Gasteiger partial charge in [0.25, 0.3) is 0 Å². The second-order valence-corrected chi connectivity index (χ2v) is 1.99. The van der Waals surface area contributed by atoms with E-state index in [-0.39, 0.29) is 18.2 Å². The molecule has 0 aliphatic carbocycles. The van der Waals surface area contributed by atoms with Gasteiger partial charge in [0.05, 0.1) is 11.6 Å². The lowest BCUT2D eigenvalue weighted by atomic mass is 10.3. The molecule has 0 saturated heterocycles. The number of nitrogens with zero attached hydrogens (tertiary/aromatic N) is 1. The molecule has 1 N–H and O–H groups in total. The molecule has 0 radical (unpaired) electrons. The second-order valence-electron chi connectivity index (χ2n) is 1.99. The zero-order valence-electron chi connectivity index (χ0n) is 5.52. The molecule has 2 aromatic rings. The highest BCUT2D eigenvalue weighted by atomic mass is 35.5. The monoisotopic (exact) mass is 171 g/mol. The van der Waals surface area contributed by atoms with Crippen molar-refractivity contribution < 1.29 is 9.52 Å². The van der Waals surface area contributed by atoms with Gasteiger partial charge in [-0.2, -0.15) is 0 Å². The molecular weight excluding hydrogens is 166 g/mol. The Bertz CT molecular complexity index is 358. The van der Waals surface area contributed by atoms with Crippen LogP contribution in [0.3, 0.4) is 0 Å². The number of fused-ring (bicyclic) bond motifs is 1. The molecule has 11 heavy (non-hydrogen) atoms. The van der Waals surface area contributed by atoms with Gasteiger partial charge >= 0.3 is 0 Å². The van der Waals surface area contributed by atoms with E-state index in [1.165, 1.54) is 6.26 Å². The fraction of sp³-hybridized carbons (Fsp3) is 0. The van der Waals surface area contributed by atoms with E-state index in [2.05, 4.69) is 4.98 Å². The third-order valence-electron chi connectivity index (χ3n) is 1.36. The Labute approximate surface area is 69.1 Å². The fourth-order valence-corrected chi connectivity index (χ4v) is 0.868. The molecule has 0 fully saturated rings. The highest BCUT2D eigenvalue weighted by molar-refractivity contribution is 5.85. The zero-order chi connectivity index (χ0) is 6.97. The van der Waals surface area contributed by atoms with Gasteiger partial charge in [-0.15, -0.1) is 12.4 Å². The molecule has 0 aliphatic rings. The summed E-state index contributed by atoms with van der Waals surface area (Å²) in [6.07, 6.45) is 4.47. The molecule has 2 rings (SSSR count). The first-order chi connectivity index (χ1) is 4.88. The minimum atomic E-state index is 0. The fourth-order valence-electron chi connectivity index (χ4n) is 0.868. The van der Waals surface area contributed by atoms with E-state index in [9.17, 15) is 0 Å². The molecule has 0 aromatic carbocycles. The van der Waals surface area contributed by atoms with Gasteiger partial charge in [-0.05, 0) is 6.07 Å².